The zero-order valence-corrected chi connectivity index (χ0v) is 14.6. The van der Waals surface area contributed by atoms with E-state index in [1.54, 1.807) is 31.5 Å². The molecule has 2 heterocycles. The Morgan fingerprint density at radius 1 is 1.04 bits per heavy atom. The number of hydrogen-bond acceptors (Lipinski definition) is 7. The van der Waals surface area contributed by atoms with Crippen molar-refractivity contribution in [2.75, 3.05) is 4.72 Å². The van der Waals surface area contributed by atoms with Crippen LogP contribution in [0.25, 0.3) is 0 Å². The molecule has 0 amide bonds. The number of nitrogens with one attached hydrogen (secondary N) is 1. The van der Waals surface area contributed by atoms with Crippen LogP contribution in [0, 0.1) is 6.92 Å². The van der Waals surface area contributed by atoms with E-state index in [1.807, 2.05) is 0 Å². The quantitative estimate of drug-likeness (QED) is 0.512. The number of anilines is 1. The summed E-state index contributed by atoms with van der Waals surface area (Å²) in [5.41, 5.74) is 6.97. The molecule has 9 nitrogen and oxygen atoms in total. The lowest BCUT2D eigenvalue weighted by Gasteiger charge is -2.07. The number of nitrogens with two attached hydrogens (primary N) is 1. The van der Waals surface area contributed by atoms with Gasteiger partial charge in [0.15, 0.2) is 11.7 Å². The minimum absolute atomic E-state index is 0.0116. The SMILES string of the molecule is Cc1ccnc(NS(=O)(=O)c2ccc(N=C(N)c3ncccn3)cc2)n1. The van der Waals surface area contributed by atoms with E-state index in [0.29, 0.717) is 17.2 Å². The van der Waals surface area contributed by atoms with Crippen molar-refractivity contribution in [3.8, 4) is 0 Å². The Labute approximate surface area is 150 Å². The van der Waals surface area contributed by atoms with Crippen LogP contribution in [0.15, 0.2) is 64.9 Å². The zero-order valence-electron chi connectivity index (χ0n) is 13.7. The van der Waals surface area contributed by atoms with Crippen LogP contribution in [-0.4, -0.2) is 34.2 Å². The maximum Gasteiger partial charge on any atom is 0.264 e. The van der Waals surface area contributed by atoms with Crippen molar-refractivity contribution < 1.29 is 8.42 Å². The predicted octanol–water partition coefficient (Wildman–Crippen LogP) is 1.41. The number of aromatic nitrogens is 4. The van der Waals surface area contributed by atoms with Gasteiger partial charge >= 0.3 is 0 Å². The van der Waals surface area contributed by atoms with Gasteiger partial charge in [-0.15, -0.1) is 0 Å². The second-order valence-electron chi connectivity index (χ2n) is 5.19. The zero-order chi connectivity index (χ0) is 18.6. The first-order chi connectivity index (χ1) is 12.4. The summed E-state index contributed by atoms with van der Waals surface area (Å²) in [4.78, 5) is 20.1. The van der Waals surface area contributed by atoms with Gasteiger partial charge in [0.1, 0.15) is 0 Å². The van der Waals surface area contributed by atoms with Crippen LogP contribution < -0.4 is 10.5 Å². The summed E-state index contributed by atoms with van der Waals surface area (Å²) < 4.78 is 27.1. The lowest BCUT2D eigenvalue weighted by Crippen LogP contribution is -2.16. The third-order valence-electron chi connectivity index (χ3n) is 3.21. The first kappa shape index (κ1) is 17.4. The molecule has 3 N–H and O–H groups in total. The molecule has 0 unspecified atom stereocenters. The van der Waals surface area contributed by atoms with E-state index in [9.17, 15) is 8.42 Å². The van der Waals surface area contributed by atoms with E-state index in [1.165, 1.54) is 30.5 Å². The highest BCUT2D eigenvalue weighted by Crippen LogP contribution is 2.18. The number of aryl methyl sites for hydroxylation is 1. The lowest BCUT2D eigenvalue weighted by molar-refractivity contribution is 0.601. The molecule has 0 spiro atoms. The van der Waals surface area contributed by atoms with Crippen LogP contribution in [0.2, 0.25) is 0 Å². The molecule has 0 atom stereocenters. The second kappa shape index (κ2) is 7.23. The van der Waals surface area contributed by atoms with Crippen LogP contribution >= 0.6 is 0 Å². The third-order valence-corrected chi connectivity index (χ3v) is 4.56. The molecule has 0 bridgehead atoms. The number of hydrogen-bond donors (Lipinski definition) is 2. The summed E-state index contributed by atoms with van der Waals surface area (Å²) in [7, 11) is -3.81. The van der Waals surface area contributed by atoms with E-state index in [2.05, 4.69) is 29.7 Å². The van der Waals surface area contributed by atoms with Gasteiger partial charge in [0.05, 0.1) is 10.6 Å². The van der Waals surface area contributed by atoms with E-state index in [4.69, 9.17) is 5.73 Å². The van der Waals surface area contributed by atoms with Crippen molar-refractivity contribution in [3.05, 3.63) is 66.5 Å². The fraction of sp³-hybridized carbons (Fsp3) is 0.0625. The van der Waals surface area contributed by atoms with Gasteiger partial charge in [-0.1, -0.05) is 0 Å². The molecule has 26 heavy (non-hydrogen) atoms. The number of aliphatic imine (C=N–C) groups is 1. The van der Waals surface area contributed by atoms with Crippen LogP contribution in [-0.2, 0) is 10.0 Å². The second-order valence-corrected chi connectivity index (χ2v) is 6.87. The fourth-order valence-corrected chi connectivity index (χ4v) is 2.95. The molecule has 2 aromatic heterocycles. The van der Waals surface area contributed by atoms with Crippen molar-refractivity contribution in [3.63, 3.8) is 0 Å². The minimum Gasteiger partial charge on any atom is -0.381 e. The van der Waals surface area contributed by atoms with Crippen LogP contribution in [0.3, 0.4) is 0 Å². The highest BCUT2D eigenvalue weighted by Gasteiger charge is 2.15. The molecule has 0 fully saturated rings. The normalized spacial score (nSPS) is 12.0. The van der Waals surface area contributed by atoms with Crippen molar-refractivity contribution in [2.45, 2.75) is 11.8 Å². The Hall–Kier alpha value is -3.40. The summed E-state index contributed by atoms with van der Waals surface area (Å²) >= 11 is 0. The largest absolute Gasteiger partial charge is 0.381 e. The topological polar surface area (TPSA) is 136 Å². The monoisotopic (exact) mass is 369 g/mol. The highest BCUT2D eigenvalue weighted by molar-refractivity contribution is 7.92. The Morgan fingerprint density at radius 3 is 2.38 bits per heavy atom. The van der Waals surface area contributed by atoms with Gasteiger partial charge in [-0.3, -0.25) is 0 Å². The van der Waals surface area contributed by atoms with Gasteiger partial charge in [0.25, 0.3) is 10.0 Å². The average molecular weight is 369 g/mol. The number of nitrogens with zero attached hydrogens (tertiary/aromatic N) is 5. The first-order valence-corrected chi connectivity index (χ1v) is 8.96. The molecule has 0 saturated carbocycles. The maximum absolute atomic E-state index is 12.4. The first-order valence-electron chi connectivity index (χ1n) is 7.48. The summed E-state index contributed by atoms with van der Waals surface area (Å²) in [6.45, 7) is 1.74. The number of sulfonamides is 1. The van der Waals surface area contributed by atoms with E-state index >= 15 is 0 Å². The van der Waals surface area contributed by atoms with Crippen molar-refractivity contribution in [1.29, 1.82) is 0 Å². The molecule has 10 heteroatoms. The molecular formula is C16H15N7O2S. The molecule has 0 aliphatic heterocycles. The molecule has 3 rings (SSSR count). The molecule has 1 aromatic carbocycles. The van der Waals surface area contributed by atoms with E-state index in [-0.39, 0.29) is 16.7 Å². The maximum atomic E-state index is 12.4. The predicted molar refractivity (Wildman–Crippen MR) is 96.4 cm³/mol. The van der Waals surface area contributed by atoms with Crippen LogP contribution in [0.5, 0.6) is 0 Å². The summed E-state index contributed by atoms with van der Waals surface area (Å²) in [6.07, 6.45) is 4.59. The molecule has 3 aromatic rings. The van der Waals surface area contributed by atoms with E-state index < -0.39 is 10.0 Å². The minimum atomic E-state index is -3.81. The number of benzene rings is 1. The van der Waals surface area contributed by atoms with Gasteiger partial charge in [-0.2, -0.15) is 0 Å². The van der Waals surface area contributed by atoms with E-state index in [0.717, 1.165) is 0 Å². The summed E-state index contributed by atoms with van der Waals surface area (Å²) in [5, 5.41) is 0. The van der Waals surface area contributed by atoms with Crippen molar-refractivity contribution in [2.24, 2.45) is 10.7 Å². The number of rotatable bonds is 5. The fourth-order valence-electron chi connectivity index (χ4n) is 2.00. The highest BCUT2D eigenvalue weighted by atomic mass is 32.2. The van der Waals surface area contributed by atoms with Gasteiger partial charge in [-0.05, 0) is 43.3 Å². The molecular weight excluding hydrogens is 354 g/mol. The van der Waals surface area contributed by atoms with Crippen LogP contribution in [0.1, 0.15) is 11.5 Å². The average Bonchev–Trinajstić information content (AvgIpc) is 2.62. The lowest BCUT2D eigenvalue weighted by atomic mass is 10.3. The van der Waals surface area contributed by atoms with Crippen molar-refractivity contribution >= 4 is 27.5 Å². The van der Waals surface area contributed by atoms with Gasteiger partial charge < -0.3 is 5.73 Å². The van der Waals surface area contributed by atoms with Gasteiger partial charge in [0.2, 0.25) is 5.95 Å². The molecule has 132 valence electrons. The Balaban J connectivity index is 1.80. The number of amidine groups is 1. The third kappa shape index (κ3) is 4.16. The molecule has 0 aliphatic carbocycles. The van der Waals surface area contributed by atoms with Crippen molar-refractivity contribution in [1.82, 2.24) is 19.9 Å². The Kier molecular flexibility index (Phi) is 4.85. The smallest absolute Gasteiger partial charge is 0.264 e. The summed E-state index contributed by atoms with van der Waals surface area (Å²) in [6, 6.07) is 9.22. The molecule has 0 aliphatic rings. The molecule has 0 radical (unpaired) electrons. The Bertz CT molecular complexity index is 1040. The van der Waals surface area contributed by atoms with Crippen LogP contribution in [0.4, 0.5) is 11.6 Å². The van der Waals surface area contributed by atoms with Gasteiger partial charge in [-0.25, -0.2) is 38.1 Å². The van der Waals surface area contributed by atoms with Gasteiger partial charge in [0, 0.05) is 24.3 Å². The molecule has 0 saturated heterocycles. The summed E-state index contributed by atoms with van der Waals surface area (Å²) in [5.74, 6) is 0.438. The Morgan fingerprint density at radius 2 is 1.73 bits per heavy atom. The standard InChI is InChI=1S/C16H15N7O2S/c1-11-7-10-20-16(21-11)23-26(24,25)13-5-3-12(4-6-13)22-14(17)15-18-8-2-9-19-15/h2-10H,1H3,(H2,17,22)(H,20,21,23).